The first-order valence-electron chi connectivity index (χ1n) is 3.41. The molecule has 0 fully saturated rings. The molecule has 5 nitrogen and oxygen atoms in total. The summed E-state index contributed by atoms with van der Waals surface area (Å²) < 4.78 is 4.74. The van der Waals surface area contributed by atoms with Crippen molar-refractivity contribution in [2.45, 2.75) is 6.92 Å². The largest absolute Gasteiger partial charge is 0.457 e. The number of aromatic nitrogens is 3. The number of nitrogens with one attached hydrogen (secondary N) is 1. The lowest BCUT2D eigenvalue weighted by Gasteiger charge is -1.96. The Morgan fingerprint density at radius 1 is 1.75 bits per heavy atom. The Hall–Kier alpha value is -1.65. The van der Waals surface area contributed by atoms with E-state index in [4.69, 9.17) is 4.74 Å². The Morgan fingerprint density at radius 2 is 2.50 bits per heavy atom. The van der Waals surface area contributed by atoms with Crippen molar-refractivity contribution >= 4 is 5.97 Å². The van der Waals surface area contributed by atoms with Crippen molar-refractivity contribution in [1.29, 1.82) is 0 Å². The molecule has 0 atom stereocenters. The van der Waals surface area contributed by atoms with Crippen LogP contribution in [0.15, 0.2) is 12.7 Å². The van der Waals surface area contributed by atoms with Gasteiger partial charge in [0, 0.05) is 0 Å². The van der Waals surface area contributed by atoms with Crippen LogP contribution >= 0.6 is 0 Å². The highest BCUT2D eigenvalue weighted by Crippen LogP contribution is 2.00. The number of rotatable bonds is 3. The summed E-state index contributed by atoms with van der Waals surface area (Å²) in [7, 11) is 0. The first-order chi connectivity index (χ1) is 5.75. The summed E-state index contributed by atoms with van der Waals surface area (Å²) in [4.78, 5) is 11.1. The number of hydrogen-bond donors (Lipinski definition) is 1. The molecule has 1 heterocycles. The number of ether oxygens (including phenoxy) is 1. The maximum atomic E-state index is 11.1. The van der Waals surface area contributed by atoms with Crippen LogP contribution in [-0.4, -0.2) is 28.0 Å². The van der Waals surface area contributed by atoms with Gasteiger partial charge in [-0.25, -0.2) is 4.79 Å². The van der Waals surface area contributed by atoms with Crippen molar-refractivity contribution in [2.75, 3.05) is 6.61 Å². The van der Waals surface area contributed by atoms with Crippen molar-refractivity contribution < 1.29 is 9.53 Å². The van der Waals surface area contributed by atoms with Crippen molar-refractivity contribution in [3.05, 3.63) is 24.0 Å². The van der Waals surface area contributed by atoms with Crippen molar-refractivity contribution in [1.82, 2.24) is 15.4 Å². The normalized spacial score (nSPS) is 9.42. The number of carbonyl (C=O) groups excluding carboxylic acids is 1. The van der Waals surface area contributed by atoms with E-state index in [1.54, 1.807) is 6.92 Å². The topological polar surface area (TPSA) is 67.9 Å². The van der Waals surface area contributed by atoms with E-state index in [-0.39, 0.29) is 12.3 Å². The number of aromatic amines is 1. The maximum Gasteiger partial charge on any atom is 0.361 e. The molecule has 0 spiro atoms. The van der Waals surface area contributed by atoms with Crippen LogP contribution in [0.4, 0.5) is 0 Å². The van der Waals surface area contributed by atoms with Crippen LogP contribution in [0.5, 0.6) is 0 Å². The van der Waals surface area contributed by atoms with Crippen molar-refractivity contribution in [3.63, 3.8) is 0 Å². The average molecular weight is 167 g/mol. The van der Waals surface area contributed by atoms with E-state index < -0.39 is 5.97 Å². The molecule has 12 heavy (non-hydrogen) atoms. The minimum Gasteiger partial charge on any atom is -0.457 e. The Morgan fingerprint density at radius 3 is 3.00 bits per heavy atom. The number of esters is 1. The SMILES string of the molecule is C=CCOC(=O)c1n[nH]nc1C. The van der Waals surface area contributed by atoms with Crippen molar-refractivity contribution in [2.24, 2.45) is 0 Å². The second-order valence-corrected chi connectivity index (χ2v) is 2.14. The first-order valence-corrected chi connectivity index (χ1v) is 3.41. The van der Waals surface area contributed by atoms with Gasteiger partial charge in [-0.15, -0.1) is 5.10 Å². The average Bonchev–Trinajstić information content (AvgIpc) is 2.47. The monoisotopic (exact) mass is 167 g/mol. The maximum absolute atomic E-state index is 11.1. The van der Waals surface area contributed by atoms with Gasteiger partial charge >= 0.3 is 5.97 Å². The van der Waals surface area contributed by atoms with E-state index in [1.807, 2.05) is 0 Å². The molecule has 1 rings (SSSR count). The van der Waals surface area contributed by atoms with Gasteiger partial charge in [0.25, 0.3) is 0 Å². The molecule has 0 saturated carbocycles. The summed E-state index contributed by atoms with van der Waals surface area (Å²) in [5.74, 6) is -0.485. The molecular weight excluding hydrogens is 158 g/mol. The zero-order chi connectivity index (χ0) is 8.97. The molecule has 0 bridgehead atoms. The van der Waals surface area contributed by atoms with Crippen LogP contribution in [0, 0.1) is 6.92 Å². The van der Waals surface area contributed by atoms with Crippen LogP contribution in [0.3, 0.4) is 0 Å². The van der Waals surface area contributed by atoms with Crippen LogP contribution in [-0.2, 0) is 4.74 Å². The number of aryl methyl sites for hydroxylation is 1. The van der Waals surface area contributed by atoms with E-state index in [1.165, 1.54) is 6.08 Å². The highest BCUT2D eigenvalue weighted by atomic mass is 16.5. The van der Waals surface area contributed by atoms with Crippen molar-refractivity contribution in [3.8, 4) is 0 Å². The fourth-order valence-corrected chi connectivity index (χ4v) is 0.680. The van der Waals surface area contributed by atoms with E-state index in [0.29, 0.717) is 5.69 Å². The van der Waals surface area contributed by atoms with Gasteiger partial charge in [0.05, 0.1) is 5.69 Å². The van der Waals surface area contributed by atoms with Crippen LogP contribution in [0.1, 0.15) is 16.2 Å². The first kappa shape index (κ1) is 8.45. The third kappa shape index (κ3) is 1.69. The Balaban J connectivity index is 2.65. The second kappa shape index (κ2) is 3.66. The lowest BCUT2D eigenvalue weighted by molar-refractivity contribution is 0.0542. The van der Waals surface area contributed by atoms with E-state index in [2.05, 4.69) is 22.0 Å². The predicted octanol–water partition coefficient (Wildman–Crippen LogP) is 0.456. The highest BCUT2D eigenvalue weighted by molar-refractivity contribution is 5.88. The molecule has 0 aliphatic rings. The zero-order valence-corrected chi connectivity index (χ0v) is 6.70. The Kier molecular flexibility index (Phi) is 2.57. The summed E-state index contributed by atoms with van der Waals surface area (Å²) in [6.45, 7) is 5.28. The predicted molar refractivity (Wildman–Crippen MR) is 41.6 cm³/mol. The van der Waals surface area contributed by atoms with Gasteiger partial charge in [0.15, 0.2) is 5.69 Å². The Labute approximate surface area is 69.4 Å². The molecule has 64 valence electrons. The standard InChI is InChI=1S/C7H9N3O2/c1-3-4-12-7(11)6-5(2)8-10-9-6/h3H,1,4H2,2H3,(H,8,9,10). The minimum atomic E-state index is -0.485. The molecule has 1 aromatic rings. The summed E-state index contributed by atoms with van der Waals surface area (Å²) >= 11 is 0. The lowest BCUT2D eigenvalue weighted by atomic mass is 10.3. The van der Waals surface area contributed by atoms with E-state index in [0.717, 1.165) is 0 Å². The molecule has 0 aliphatic carbocycles. The smallest absolute Gasteiger partial charge is 0.361 e. The lowest BCUT2D eigenvalue weighted by Crippen LogP contribution is -2.07. The zero-order valence-electron chi connectivity index (χ0n) is 6.70. The highest BCUT2D eigenvalue weighted by Gasteiger charge is 2.13. The molecule has 0 unspecified atom stereocenters. The molecule has 0 saturated heterocycles. The molecule has 1 N–H and O–H groups in total. The number of nitrogens with zero attached hydrogens (tertiary/aromatic N) is 2. The summed E-state index contributed by atoms with van der Waals surface area (Å²) in [5, 5.41) is 9.64. The quantitative estimate of drug-likeness (QED) is 0.524. The van der Waals surface area contributed by atoms with Gasteiger partial charge in [0.2, 0.25) is 0 Å². The van der Waals surface area contributed by atoms with Crippen LogP contribution in [0.25, 0.3) is 0 Å². The molecule has 0 aromatic carbocycles. The Bertz CT molecular complexity index is 293. The fraction of sp³-hybridized carbons (Fsp3) is 0.286. The third-order valence-electron chi connectivity index (χ3n) is 1.25. The fourth-order valence-electron chi connectivity index (χ4n) is 0.680. The number of hydrogen-bond acceptors (Lipinski definition) is 4. The molecule has 0 aliphatic heterocycles. The van der Waals surface area contributed by atoms with Crippen LogP contribution < -0.4 is 0 Å². The minimum absolute atomic E-state index is 0.186. The van der Waals surface area contributed by atoms with Gasteiger partial charge in [-0.3, -0.25) is 0 Å². The number of carbonyl (C=O) groups is 1. The molecular formula is C7H9N3O2. The summed E-state index contributed by atoms with van der Waals surface area (Å²) in [6, 6.07) is 0. The number of H-pyrrole nitrogens is 1. The van der Waals surface area contributed by atoms with Gasteiger partial charge in [0.1, 0.15) is 6.61 Å². The molecule has 5 heteroatoms. The van der Waals surface area contributed by atoms with Gasteiger partial charge in [-0.05, 0) is 6.92 Å². The second-order valence-electron chi connectivity index (χ2n) is 2.14. The molecule has 0 radical (unpaired) electrons. The van der Waals surface area contributed by atoms with Crippen LogP contribution in [0.2, 0.25) is 0 Å². The van der Waals surface area contributed by atoms with E-state index in [9.17, 15) is 4.79 Å². The third-order valence-corrected chi connectivity index (χ3v) is 1.25. The summed E-state index contributed by atoms with van der Waals surface area (Å²) in [6.07, 6.45) is 1.49. The van der Waals surface area contributed by atoms with Gasteiger partial charge in [-0.2, -0.15) is 10.3 Å². The van der Waals surface area contributed by atoms with E-state index >= 15 is 0 Å². The van der Waals surface area contributed by atoms with Gasteiger partial charge in [-0.1, -0.05) is 12.7 Å². The molecule has 0 amide bonds. The molecule has 1 aromatic heterocycles. The van der Waals surface area contributed by atoms with Gasteiger partial charge < -0.3 is 4.74 Å². The summed E-state index contributed by atoms with van der Waals surface area (Å²) in [5.41, 5.74) is 0.751.